The minimum Gasteiger partial charge on any atom is -0.458 e. The van der Waals surface area contributed by atoms with Crippen molar-refractivity contribution in [2.45, 2.75) is 51.9 Å². The van der Waals surface area contributed by atoms with Gasteiger partial charge >= 0.3 is 12.1 Å². The van der Waals surface area contributed by atoms with Crippen molar-refractivity contribution < 1.29 is 28.7 Å². The molecular formula is C19H28N2O6. The Kier molecular flexibility index (Phi) is 8.74. The SMILES string of the molecule is CON(C)C(=O)CC[C@H](NC(=O)OCc1ccccc1)C(=O)OC(C)(C)C. The molecular weight excluding hydrogens is 352 g/mol. The van der Waals surface area contributed by atoms with Gasteiger partial charge in [0, 0.05) is 13.5 Å². The van der Waals surface area contributed by atoms with Crippen LogP contribution in [0.5, 0.6) is 0 Å². The van der Waals surface area contributed by atoms with Gasteiger partial charge in [-0.25, -0.2) is 14.7 Å². The molecule has 0 heterocycles. The number of carbonyl (C=O) groups excluding carboxylic acids is 3. The highest BCUT2D eigenvalue weighted by molar-refractivity contribution is 5.83. The molecule has 1 rings (SSSR count). The van der Waals surface area contributed by atoms with Crippen LogP contribution in [0, 0.1) is 0 Å². The normalized spacial score (nSPS) is 12.0. The van der Waals surface area contributed by atoms with Crippen LogP contribution >= 0.6 is 0 Å². The minimum atomic E-state index is -1.01. The number of esters is 1. The van der Waals surface area contributed by atoms with E-state index in [2.05, 4.69) is 5.32 Å². The maximum absolute atomic E-state index is 12.4. The standard InChI is InChI=1S/C19H28N2O6/c1-19(2,3)27-17(23)15(11-12-16(22)21(4)25-5)20-18(24)26-13-14-9-7-6-8-10-14/h6-10,15H,11-13H2,1-5H3,(H,20,24)/t15-/m0/s1. The number of rotatable bonds is 8. The van der Waals surface area contributed by atoms with Crippen LogP contribution < -0.4 is 5.32 Å². The molecule has 8 nitrogen and oxygen atoms in total. The van der Waals surface area contributed by atoms with Crippen LogP contribution in [-0.4, -0.2) is 48.8 Å². The summed E-state index contributed by atoms with van der Waals surface area (Å²) in [7, 11) is 2.83. The molecule has 27 heavy (non-hydrogen) atoms. The van der Waals surface area contributed by atoms with E-state index in [0.717, 1.165) is 10.6 Å². The maximum atomic E-state index is 12.4. The fourth-order valence-corrected chi connectivity index (χ4v) is 2.06. The van der Waals surface area contributed by atoms with E-state index in [1.807, 2.05) is 30.3 Å². The first-order chi connectivity index (χ1) is 12.6. The smallest absolute Gasteiger partial charge is 0.408 e. The molecule has 0 aliphatic carbocycles. The number of amides is 2. The van der Waals surface area contributed by atoms with Crippen LogP contribution in [0.1, 0.15) is 39.2 Å². The number of benzene rings is 1. The lowest BCUT2D eigenvalue weighted by Gasteiger charge is -2.24. The lowest BCUT2D eigenvalue weighted by molar-refractivity contribution is -0.169. The number of hydrogen-bond acceptors (Lipinski definition) is 6. The zero-order valence-corrected chi connectivity index (χ0v) is 16.5. The van der Waals surface area contributed by atoms with Gasteiger partial charge in [-0.1, -0.05) is 30.3 Å². The molecule has 0 radical (unpaired) electrons. The van der Waals surface area contributed by atoms with E-state index in [4.69, 9.17) is 14.3 Å². The molecule has 0 aromatic heterocycles. The Morgan fingerprint density at radius 3 is 2.33 bits per heavy atom. The second kappa shape index (κ2) is 10.5. The highest BCUT2D eigenvalue weighted by Crippen LogP contribution is 2.12. The van der Waals surface area contributed by atoms with Gasteiger partial charge in [0.2, 0.25) is 5.91 Å². The molecule has 1 N–H and O–H groups in total. The van der Waals surface area contributed by atoms with Crippen molar-refractivity contribution in [2.24, 2.45) is 0 Å². The van der Waals surface area contributed by atoms with Crippen LogP contribution in [0.15, 0.2) is 30.3 Å². The molecule has 8 heteroatoms. The zero-order chi connectivity index (χ0) is 20.4. The summed E-state index contributed by atoms with van der Waals surface area (Å²) in [5.74, 6) is -0.961. The summed E-state index contributed by atoms with van der Waals surface area (Å²) in [5, 5.41) is 3.53. The summed E-state index contributed by atoms with van der Waals surface area (Å²) in [6.45, 7) is 5.23. The largest absolute Gasteiger partial charge is 0.458 e. The highest BCUT2D eigenvalue weighted by atomic mass is 16.7. The number of nitrogens with zero attached hydrogens (tertiary/aromatic N) is 1. The Morgan fingerprint density at radius 2 is 1.78 bits per heavy atom. The van der Waals surface area contributed by atoms with E-state index >= 15 is 0 Å². The summed E-state index contributed by atoms with van der Waals surface area (Å²) in [5.41, 5.74) is 0.0940. The fraction of sp³-hybridized carbons (Fsp3) is 0.526. The number of hydroxylamine groups is 2. The zero-order valence-electron chi connectivity index (χ0n) is 16.5. The van der Waals surface area contributed by atoms with Gasteiger partial charge in [0.05, 0.1) is 7.11 Å². The van der Waals surface area contributed by atoms with Crippen LogP contribution in [0.4, 0.5) is 4.79 Å². The average molecular weight is 380 g/mol. The Labute approximate surface area is 159 Å². The predicted octanol–water partition coefficient (Wildman–Crippen LogP) is 2.42. The van der Waals surface area contributed by atoms with Crippen molar-refractivity contribution in [1.29, 1.82) is 0 Å². The minimum absolute atomic E-state index is 0.00673. The molecule has 0 saturated heterocycles. The van der Waals surface area contributed by atoms with Crippen molar-refractivity contribution in [3.63, 3.8) is 0 Å². The summed E-state index contributed by atoms with van der Waals surface area (Å²) >= 11 is 0. The van der Waals surface area contributed by atoms with Crippen molar-refractivity contribution in [3.8, 4) is 0 Å². The second-order valence-corrected chi connectivity index (χ2v) is 6.90. The van der Waals surface area contributed by atoms with Crippen LogP contribution in [-0.2, 0) is 30.5 Å². The third kappa shape index (κ3) is 9.05. The highest BCUT2D eigenvalue weighted by Gasteiger charge is 2.28. The lowest BCUT2D eigenvalue weighted by Crippen LogP contribution is -2.45. The summed E-state index contributed by atoms with van der Waals surface area (Å²) in [4.78, 5) is 41.1. The van der Waals surface area contributed by atoms with Crippen molar-refractivity contribution in [3.05, 3.63) is 35.9 Å². The van der Waals surface area contributed by atoms with E-state index in [1.54, 1.807) is 20.8 Å². The van der Waals surface area contributed by atoms with E-state index in [9.17, 15) is 14.4 Å². The van der Waals surface area contributed by atoms with Gasteiger partial charge in [-0.2, -0.15) is 0 Å². The quantitative estimate of drug-likeness (QED) is 0.550. The third-order valence-corrected chi connectivity index (χ3v) is 3.47. The molecule has 0 aliphatic heterocycles. The van der Waals surface area contributed by atoms with E-state index in [0.29, 0.717) is 0 Å². The Bertz CT molecular complexity index is 627. The van der Waals surface area contributed by atoms with Crippen LogP contribution in [0.2, 0.25) is 0 Å². The van der Waals surface area contributed by atoms with Gasteiger partial charge in [-0.05, 0) is 32.8 Å². The first-order valence-corrected chi connectivity index (χ1v) is 8.63. The van der Waals surface area contributed by atoms with Gasteiger partial charge in [0.15, 0.2) is 0 Å². The van der Waals surface area contributed by atoms with Gasteiger partial charge < -0.3 is 14.8 Å². The Morgan fingerprint density at radius 1 is 1.15 bits per heavy atom. The monoisotopic (exact) mass is 380 g/mol. The third-order valence-electron chi connectivity index (χ3n) is 3.47. The molecule has 1 aromatic rings. The average Bonchev–Trinajstić information content (AvgIpc) is 2.61. The number of nitrogens with one attached hydrogen (secondary N) is 1. The van der Waals surface area contributed by atoms with Gasteiger partial charge in [0.25, 0.3) is 0 Å². The summed E-state index contributed by atoms with van der Waals surface area (Å²) in [6.07, 6.45) is -0.711. The predicted molar refractivity (Wildman–Crippen MR) is 98.4 cm³/mol. The molecule has 1 aromatic carbocycles. The fourth-order valence-electron chi connectivity index (χ4n) is 2.06. The van der Waals surface area contributed by atoms with Crippen LogP contribution in [0.25, 0.3) is 0 Å². The molecule has 0 spiro atoms. The van der Waals surface area contributed by atoms with Gasteiger partial charge in [-0.15, -0.1) is 0 Å². The number of alkyl carbamates (subject to hydrolysis) is 1. The Hall–Kier alpha value is -2.61. The molecule has 2 amide bonds. The lowest BCUT2D eigenvalue weighted by atomic mass is 10.1. The van der Waals surface area contributed by atoms with Gasteiger partial charge in [-0.3, -0.25) is 9.63 Å². The molecule has 0 aliphatic rings. The maximum Gasteiger partial charge on any atom is 0.408 e. The molecule has 0 fully saturated rings. The first-order valence-electron chi connectivity index (χ1n) is 8.63. The van der Waals surface area contributed by atoms with Crippen molar-refractivity contribution in [2.75, 3.05) is 14.2 Å². The van der Waals surface area contributed by atoms with Crippen molar-refractivity contribution in [1.82, 2.24) is 10.4 Å². The molecule has 0 saturated carbocycles. The van der Waals surface area contributed by atoms with Crippen molar-refractivity contribution >= 4 is 18.0 Å². The van der Waals surface area contributed by atoms with E-state index in [-0.39, 0.29) is 25.4 Å². The molecule has 0 unspecified atom stereocenters. The first kappa shape index (κ1) is 22.4. The number of ether oxygens (including phenoxy) is 2. The molecule has 0 bridgehead atoms. The molecule has 1 atom stereocenters. The van der Waals surface area contributed by atoms with Crippen LogP contribution in [0.3, 0.4) is 0 Å². The number of carbonyl (C=O) groups is 3. The summed E-state index contributed by atoms with van der Waals surface area (Å²) in [6, 6.07) is 8.14. The Balaban J connectivity index is 2.67. The topological polar surface area (TPSA) is 94.2 Å². The van der Waals surface area contributed by atoms with Gasteiger partial charge in [0.1, 0.15) is 18.2 Å². The number of hydrogen-bond donors (Lipinski definition) is 1. The second-order valence-electron chi connectivity index (χ2n) is 6.90. The van der Waals surface area contributed by atoms with E-state index in [1.165, 1.54) is 14.2 Å². The summed E-state index contributed by atoms with van der Waals surface area (Å²) < 4.78 is 10.5. The molecule has 150 valence electrons. The van der Waals surface area contributed by atoms with E-state index < -0.39 is 23.7 Å².